The Morgan fingerprint density at radius 3 is 2.47 bits per heavy atom. The molecule has 0 aliphatic rings. The Morgan fingerprint density at radius 1 is 1.26 bits per heavy atom. The van der Waals surface area contributed by atoms with Crippen LogP contribution >= 0.6 is 0 Å². The second-order valence-electron chi connectivity index (χ2n) is 4.49. The van der Waals surface area contributed by atoms with E-state index in [1.165, 1.54) is 5.56 Å². The SMILES string of the molecule is CCc1ccc(C(N)c2c(OC)cnn2CC)cc1. The summed E-state index contributed by atoms with van der Waals surface area (Å²) in [7, 11) is 1.65. The van der Waals surface area contributed by atoms with Crippen LogP contribution in [0.5, 0.6) is 5.75 Å². The maximum Gasteiger partial charge on any atom is 0.161 e. The average Bonchev–Trinajstić information content (AvgIpc) is 2.89. The fourth-order valence-corrected chi connectivity index (χ4v) is 2.22. The van der Waals surface area contributed by atoms with Gasteiger partial charge in [-0.15, -0.1) is 0 Å². The van der Waals surface area contributed by atoms with E-state index < -0.39 is 0 Å². The molecule has 4 heteroatoms. The second-order valence-corrected chi connectivity index (χ2v) is 4.49. The molecule has 1 aromatic carbocycles. The number of benzene rings is 1. The van der Waals surface area contributed by atoms with Gasteiger partial charge in [-0.1, -0.05) is 31.2 Å². The summed E-state index contributed by atoms with van der Waals surface area (Å²) in [6, 6.07) is 8.18. The molecule has 2 N–H and O–H groups in total. The van der Waals surface area contributed by atoms with Crippen LogP contribution in [-0.4, -0.2) is 16.9 Å². The number of rotatable bonds is 5. The van der Waals surface area contributed by atoms with E-state index in [2.05, 4.69) is 36.3 Å². The molecule has 0 aliphatic carbocycles. The van der Waals surface area contributed by atoms with Gasteiger partial charge in [0.05, 0.1) is 19.3 Å². The summed E-state index contributed by atoms with van der Waals surface area (Å²) in [4.78, 5) is 0. The van der Waals surface area contributed by atoms with Crippen LogP contribution in [0.1, 0.15) is 36.7 Å². The molecule has 0 amide bonds. The van der Waals surface area contributed by atoms with Crippen molar-refractivity contribution in [1.29, 1.82) is 0 Å². The molecule has 2 aromatic rings. The zero-order chi connectivity index (χ0) is 13.8. The summed E-state index contributed by atoms with van der Waals surface area (Å²) < 4.78 is 7.24. The van der Waals surface area contributed by atoms with Crippen molar-refractivity contribution in [2.75, 3.05) is 7.11 Å². The van der Waals surface area contributed by atoms with Crippen molar-refractivity contribution in [2.45, 2.75) is 32.9 Å². The van der Waals surface area contributed by atoms with E-state index >= 15 is 0 Å². The molecular formula is C15H21N3O. The Morgan fingerprint density at radius 2 is 1.95 bits per heavy atom. The minimum Gasteiger partial charge on any atom is -0.493 e. The minimum absolute atomic E-state index is 0.219. The molecule has 2 rings (SSSR count). The van der Waals surface area contributed by atoms with Crippen molar-refractivity contribution in [3.8, 4) is 5.75 Å². The van der Waals surface area contributed by atoms with Crippen molar-refractivity contribution in [1.82, 2.24) is 9.78 Å². The Balaban J connectivity index is 2.36. The van der Waals surface area contributed by atoms with Crippen LogP contribution < -0.4 is 10.5 Å². The van der Waals surface area contributed by atoms with Gasteiger partial charge in [-0.3, -0.25) is 4.68 Å². The molecule has 0 saturated carbocycles. The average molecular weight is 259 g/mol. The molecule has 19 heavy (non-hydrogen) atoms. The first-order chi connectivity index (χ1) is 9.21. The van der Waals surface area contributed by atoms with E-state index in [9.17, 15) is 0 Å². The smallest absolute Gasteiger partial charge is 0.161 e. The van der Waals surface area contributed by atoms with E-state index in [1.54, 1.807) is 13.3 Å². The molecule has 0 saturated heterocycles. The number of nitrogens with zero attached hydrogens (tertiary/aromatic N) is 2. The Kier molecular flexibility index (Phi) is 4.22. The van der Waals surface area contributed by atoms with Crippen LogP contribution in [0.25, 0.3) is 0 Å². The lowest BCUT2D eigenvalue weighted by molar-refractivity contribution is 0.404. The van der Waals surface area contributed by atoms with Gasteiger partial charge in [0.1, 0.15) is 5.69 Å². The highest BCUT2D eigenvalue weighted by molar-refractivity contribution is 5.37. The third-order valence-electron chi connectivity index (χ3n) is 3.41. The summed E-state index contributed by atoms with van der Waals surface area (Å²) in [5, 5.41) is 4.30. The van der Waals surface area contributed by atoms with Crippen molar-refractivity contribution in [3.05, 3.63) is 47.3 Å². The first-order valence-electron chi connectivity index (χ1n) is 6.65. The lowest BCUT2D eigenvalue weighted by Gasteiger charge is -2.16. The third-order valence-corrected chi connectivity index (χ3v) is 3.41. The lowest BCUT2D eigenvalue weighted by atomic mass is 10.0. The molecule has 1 heterocycles. The standard InChI is InChI=1S/C15H21N3O/c1-4-11-6-8-12(9-7-11)14(16)15-13(19-3)10-17-18(15)5-2/h6-10,14H,4-5,16H2,1-3H3. The number of nitrogens with two attached hydrogens (primary N) is 1. The third kappa shape index (κ3) is 2.63. The highest BCUT2D eigenvalue weighted by Crippen LogP contribution is 2.28. The second kappa shape index (κ2) is 5.89. The number of methoxy groups -OCH3 is 1. The Labute approximate surface area is 114 Å². The maximum atomic E-state index is 6.36. The Bertz CT molecular complexity index is 509. The van der Waals surface area contributed by atoms with Crippen LogP contribution in [0.4, 0.5) is 0 Å². The largest absolute Gasteiger partial charge is 0.493 e. The summed E-state index contributed by atoms with van der Waals surface area (Å²) in [5.41, 5.74) is 9.68. The first-order valence-corrected chi connectivity index (χ1v) is 6.65. The van der Waals surface area contributed by atoms with E-state index in [0.717, 1.165) is 30.0 Å². The van der Waals surface area contributed by atoms with E-state index in [1.807, 2.05) is 11.6 Å². The van der Waals surface area contributed by atoms with E-state index in [0.29, 0.717) is 0 Å². The molecule has 1 atom stereocenters. The van der Waals surface area contributed by atoms with Gasteiger partial charge >= 0.3 is 0 Å². The summed E-state index contributed by atoms with van der Waals surface area (Å²) in [6.45, 7) is 4.96. The molecule has 0 bridgehead atoms. The summed E-state index contributed by atoms with van der Waals surface area (Å²) in [6.07, 6.45) is 2.75. The van der Waals surface area contributed by atoms with Gasteiger partial charge in [-0.25, -0.2) is 0 Å². The molecule has 0 aliphatic heterocycles. The quantitative estimate of drug-likeness (QED) is 0.897. The van der Waals surface area contributed by atoms with Gasteiger partial charge in [0, 0.05) is 6.54 Å². The highest BCUT2D eigenvalue weighted by atomic mass is 16.5. The predicted molar refractivity (Wildman–Crippen MR) is 76.3 cm³/mol. The van der Waals surface area contributed by atoms with Gasteiger partial charge in [0.25, 0.3) is 0 Å². The van der Waals surface area contributed by atoms with Crippen LogP contribution in [0.3, 0.4) is 0 Å². The van der Waals surface area contributed by atoms with Gasteiger partial charge in [0.15, 0.2) is 5.75 Å². The Hall–Kier alpha value is -1.81. The molecule has 0 fully saturated rings. The normalized spacial score (nSPS) is 12.4. The van der Waals surface area contributed by atoms with Crippen molar-refractivity contribution < 1.29 is 4.74 Å². The van der Waals surface area contributed by atoms with E-state index in [4.69, 9.17) is 10.5 Å². The van der Waals surface area contributed by atoms with Crippen molar-refractivity contribution in [3.63, 3.8) is 0 Å². The van der Waals surface area contributed by atoms with Crippen molar-refractivity contribution >= 4 is 0 Å². The summed E-state index contributed by atoms with van der Waals surface area (Å²) in [5.74, 6) is 0.744. The number of hydrogen-bond donors (Lipinski definition) is 1. The number of aromatic nitrogens is 2. The number of ether oxygens (including phenoxy) is 1. The van der Waals surface area contributed by atoms with Gasteiger partial charge in [-0.2, -0.15) is 5.10 Å². The predicted octanol–water partition coefficient (Wildman–Crippen LogP) is 2.52. The monoisotopic (exact) mass is 259 g/mol. The van der Waals surface area contributed by atoms with Gasteiger partial charge in [0.2, 0.25) is 0 Å². The van der Waals surface area contributed by atoms with Crippen LogP contribution in [0.15, 0.2) is 30.5 Å². The number of hydrogen-bond acceptors (Lipinski definition) is 3. The minimum atomic E-state index is -0.219. The van der Waals surface area contributed by atoms with E-state index in [-0.39, 0.29) is 6.04 Å². The molecular weight excluding hydrogens is 238 g/mol. The highest BCUT2D eigenvalue weighted by Gasteiger charge is 2.19. The zero-order valence-electron chi connectivity index (χ0n) is 11.8. The molecule has 0 radical (unpaired) electrons. The summed E-state index contributed by atoms with van der Waals surface area (Å²) >= 11 is 0. The van der Waals surface area contributed by atoms with Crippen LogP contribution in [-0.2, 0) is 13.0 Å². The number of aryl methyl sites for hydroxylation is 2. The zero-order valence-corrected chi connectivity index (χ0v) is 11.8. The van der Waals surface area contributed by atoms with Gasteiger partial charge in [-0.05, 0) is 24.5 Å². The topological polar surface area (TPSA) is 53.1 Å². The molecule has 1 unspecified atom stereocenters. The van der Waals surface area contributed by atoms with Crippen LogP contribution in [0.2, 0.25) is 0 Å². The fourth-order valence-electron chi connectivity index (χ4n) is 2.22. The molecule has 102 valence electrons. The van der Waals surface area contributed by atoms with Crippen LogP contribution in [0, 0.1) is 0 Å². The van der Waals surface area contributed by atoms with Crippen molar-refractivity contribution in [2.24, 2.45) is 5.73 Å². The molecule has 0 spiro atoms. The fraction of sp³-hybridized carbons (Fsp3) is 0.400. The molecule has 1 aromatic heterocycles. The molecule has 4 nitrogen and oxygen atoms in total. The lowest BCUT2D eigenvalue weighted by Crippen LogP contribution is -2.18. The first kappa shape index (κ1) is 13.6. The maximum absolute atomic E-state index is 6.36. The van der Waals surface area contributed by atoms with Gasteiger partial charge < -0.3 is 10.5 Å².